The first kappa shape index (κ1) is 14.6. The predicted octanol–water partition coefficient (Wildman–Crippen LogP) is 2.18. The third kappa shape index (κ3) is 4.97. The Hall–Kier alpha value is -0.840. The van der Waals surface area contributed by atoms with Crippen LogP contribution in [0.3, 0.4) is 0 Å². The van der Waals surface area contributed by atoms with E-state index >= 15 is 0 Å². The van der Waals surface area contributed by atoms with Gasteiger partial charge in [-0.3, -0.25) is 0 Å². The van der Waals surface area contributed by atoms with Crippen molar-refractivity contribution in [2.75, 3.05) is 26.9 Å². The Morgan fingerprint density at radius 1 is 1.53 bits per heavy atom. The van der Waals surface area contributed by atoms with Gasteiger partial charge in [-0.15, -0.1) is 0 Å². The van der Waals surface area contributed by atoms with Crippen molar-refractivity contribution in [1.82, 2.24) is 9.88 Å². The summed E-state index contributed by atoms with van der Waals surface area (Å²) < 4.78 is 13.0. The summed E-state index contributed by atoms with van der Waals surface area (Å²) in [6, 6.07) is 4.31. The van der Waals surface area contributed by atoms with E-state index in [0.717, 1.165) is 32.8 Å². The predicted molar refractivity (Wildman–Crippen MR) is 76.2 cm³/mol. The van der Waals surface area contributed by atoms with Crippen molar-refractivity contribution in [3.05, 3.63) is 24.0 Å². The van der Waals surface area contributed by atoms with E-state index in [2.05, 4.69) is 28.2 Å². The molecule has 0 amide bonds. The Kier molecular flexibility index (Phi) is 6.41. The number of aromatic nitrogens is 1. The van der Waals surface area contributed by atoms with Gasteiger partial charge >= 0.3 is 0 Å². The topological polar surface area (TPSA) is 35.4 Å². The number of nitrogens with one attached hydrogen (secondary N) is 1. The molecule has 0 radical (unpaired) electrons. The molecule has 0 aliphatic carbocycles. The van der Waals surface area contributed by atoms with Gasteiger partial charge in [-0.25, -0.2) is 0 Å². The second-order valence-electron chi connectivity index (χ2n) is 5.14. The molecule has 1 atom stereocenters. The molecule has 4 nitrogen and oxygen atoms in total. The van der Waals surface area contributed by atoms with E-state index in [4.69, 9.17) is 9.47 Å². The first-order chi connectivity index (χ1) is 9.40. The molecule has 1 aromatic heterocycles. The number of nitrogens with zero attached hydrogens (tertiary/aromatic N) is 1. The number of hydrogen-bond acceptors (Lipinski definition) is 3. The van der Waals surface area contributed by atoms with Crippen molar-refractivity contribution in [2.24, 2.45) is 0 Å². The zero-order chi connectivity index (χ0) is 13.3. The monoisotopic (exact) mass is 266 g/mol. The maximum atomic E-state index is 5.66. The van der Waals surface area contributed by atoms with Crippen molar-refractivity contribution in [2.45, 2.75) is 44.9 Å². The largest absolute Gasteiger partial charge is 0.383 e. The summed E-state index contributed by atoms with van der Waals surface area (Å²) in [5.74, 6) is 0. The molecule has 19 heavy (non-hydrogen) atoms. The minimum absolute atomic E-state index is 0.513. The molecule has 1 aliphatic rings. The maximum Gasteiger partial charge on any atom is 0.0587 e. The van der Waals surface area contributed by atoms with Crippen LogP contribution in [0.2, 0.25) is 0 Å². The van der Waals surface area contributed by atoms with Crippen LogP contribution in [0.5, 0.6) is 0 Å². The lowest BCUT2D eigenvalue weighted by molar-refractivity contribution is 0.101. The smallest absolute Gasteiger partial charge is 0.0587 e. The van der Waals surface area contributed by atoms with Gasteiger partial charge in [0.2, 0.25) is 0 Å². The minimum atomic E-state index is 0.513. The van der Waals surface area contributed by atoms with Gasteiger partial charge in [-0.2, -0.15) is 0 Å². The lowest BCUT2D eigenvalue weighted by atomic mass is 10.1. The molecule has 0 bridgehead atoms. The molecule has 1 saturated heterocycles. The van der Waals surface area contributed by atoms with Crippen LogP contribution in [0.1, 0.15) is 31.4 Å². The zero-order valence-electron chi connectivity index (χ0n) is 11.9. The van der Waals surface area contributed by atoms with Crippen molar-refractivity contribution >= 4 is 0 Å². The van der Waals surface area contributed by atoms with Crippen LogP contribution in [-0.4, -0.2) is 37.5 Å². The minimum Gasteiger partial charge on any atom is -0.383 e. The second-order valence-corrected chi connectivity index (χ2v) is 5.14. The molecule has 108 valence electrons. The molecular weight excluding hydrogens is 240 g/mol. The standard InChI is InChI=1S/C15H26N2O2/c1-18-12-8-16-13-14-5-2-9-17(14)10-3-6-15-7-4-11-19-15/h2,5,9,15-16H,3-4,6-8,10-13H2,1H3. The van der Waals surface area contributed by atoms with Gasteiger partial charge in [-0.05, 0) is 37.8 Å². The Bertz CT molecular complexity index is 346. The van der Waals surface area contributed by atoms with Crippen LogP contribution < -0.4 is 5.32 Å². The first-order valence-corrected chi connectivity index (χ1v) is 7.35. The number of aryl methyl sites for hydroxylation is 1. The van der Waals surface area contributed by atoms with Gasteiger partial charge in [0, 0.05) is 45.2 Å². The normalized spacial score (nSPS) is 19.1. The molecule has 1 N–H and O–H groups in total. The van der Waals surface area contributed by atoms with Gasteiger partial charge in [0.15, 0.2) is 0 Å². The van der Waals surface area contributed by atoms with Crippen molar-refractivity contribution < 1.29 is 9.47 Å². The maximum absolute atomic E-state index is 5.66. The van der Waals surface area contributed by atoms with Crippen LogP contribution in [-0.2, 0) is 22.6 Å². The Morgan fingerprint density at radius 3 is 3.26 bits per heavy atom. The van der Waals surface area contributed by atoms with Crippen LogP contribution in [0.25, 0.3) is 0 Å². The molecule has 4 heteroatoms. The average Bonchev–Trinajstić information content (AvgIpc) is 3.07. The summed E-state index contributed by atoms with van der Waals surface area (Å²) in [5, 5.41) is 3.39. The van der Waals surface area contributed by atoms with Gasteiger partial charge in [0.25, 0.3) is 0 Å². The van der Waals surface area contributed by atoms with E-state index in [0.29, 0.717) is 6.10 Å². The Labute approximate surface area is 116 Å². The summed E-state index contributed by atoms with van der Waals surface area (Å²) >= 11 is 0. The van der Waals surface area contributed by atoms with Crippen LogP contribution >= 0.6 is 0 Å². The summed E-state index contributed by atoms with van der Waals surface area (Å²) in [4.78, 5) is 0. The van der Waals surface area contributed by atoms with E-state index in [1.54, 1.807) is 7.11 Å². The third-order valence-electron chi connectivity index (χ3n) is 3.66. The average molecular weight is 266 g/mol. The molecule has 1 aromatic rings. The molecule has 2 rings (SSSR count). The first-order valence-electron chi connectivity index (χ1n) is 7.35. The van der Waals surface area contributed by atoms with Crippen LogP contribution in [0.4, 0.5) is 0 Å². The molecule has 0 saturated carbocycles. The lowest BCUT2D eigenvalue weighted by Gasteiger charge is -2.12. The molecule has 1 fully saturated rings. The van der Waals surface area contributed by atoms with Gasteiger partial charge < -0.3 is 19.4 Å². The number of hydrogen-bond donors (Lipinski definition) is 1. The van der Waals surface area contributed by atoms with Crippen molar-refractivity contribution in [3.63, 3.8) is 0 Å². The molecule has 0 spiro atoms. The lowest BCUT2D eigenvalue weighted by Crippen LogP contribution is -2.20. The fraction of sp³-hybridized carbons (Fsp3) is 0.733. The van der Waals surface area contributed by atoms with Crippen LogP contribution in [0.15, 0.2) is 18.3 Å². The number of ether oxygens (including phenoxy) is 2. The highest BCUT2D eigenvalue weighted by Gasteiger charge is 2.14. The third-order valence-corrected chi connectivity index (χ3v) is 3.66. The van der Waals surface area contributed by atoms with Crippen molar-refractivity contribution in [1.29, 1.82) is 0 Å². The summed E-state index contributed by atoms with van der Waals surface area (Å²) in [6.07, 6.45) is 7.56. The molecular formula is C15H26N2O2. The van der Waals surface area contributed by atoms with E-state index < -0.39 is 0 Å². The molecule has 1 aliphatic heterocycles. The number of rotatable bonds is 9. The van der Waals surface area contributed by atoms with E-state index in [9.17, 15) is 0 Å². The Balaban J connectivity index is 1.66. The van der Waals surface area contributed by atoms with E-state index in [1.807, 2.05) is 0 Å². The Morgan fingerprint density at radius 2 is 2.47 bits per heavy atom. The molecule has 0 aromatic carbocycles. The zero-order valence-corrected chi connectivity index (χ0v) is 11.9. The number of methoxy groups -OCH3 is 1. The summed E-state index contributed by atoms with van der Waals surface area (Å²) in [6.45, 7) is 4.63. The summed E-state index contributed by atoms with van der Waals surface area (Å²) in [7, 11) is 1.73. The highest BCUT2D eigenvalue weighted by molar-refractivity contribution is 5.06. The fourth-order valence-corrected chi connectivity index (χ4v) is 2.58. The van der Waals surface area contributed by atoms with E-state index in [-0.39, 0.29) is 0 Å². The highest BCUT2D eigenvalue weighted by Crippen LogP contribution is 2.17. The second kappa shape index (κ2) is 8.35. The molecule has 2 heterocycles. The van der Waals surface area contributed by atoms with Gasteiger partial charge in [-0.1, -0.05) is 0 Å². The van der Waals surface area contributed by atoms with Crippen molar-refractivity contribution in [3.8, 4) is 0 Å². The van der Waals surface area contributed by atoms with Crippen LogP contribution in [0, 0.1) is 0 Å². The fourth-order valence-electron chi connectivity index (χ4n) is 2.58. The SMILES string of the molecule is COCCNCc1cccn1CCCC1CCCO1. The quantitative estimate of drug-likeness (QED) is 0.696. The van der Waals surface area contributed by atoms with Gasteiger partial charge in [0.05, 0.1) is 12.7 Å². The van der Waals surface area contributed by atoms with Gasteiger partial charge in [0.1, 0.15) is 0 Å². The molecule has 1 unspecified atom stereocenters. The van der Waals surface area contributed by atoms with E-state index in [1.165, 1.54) is 31.4 Å². The summed E-state index contributed by atoms with van der Waals surface area (Å²) in [5.41, 5.74) is 1.35. The highest BCUT2D eigenvalue weighted by atomic mass is 16.5.